The molecule has 0 atom stereocenters. The average molecular weight is 336 g/mol. The molecule has 24 heavy (non-hydrogen) atoms. The lowest BCUT2D eigenvalue weighted by Gasteiger charge is -2.22. The van der Waals surface area contributed by atoms with Gasteiger partial charge in [-0.2, -0.15) is 0 Å². The predicted molar refractivity (Wildman–Crippen MR) is 95.5 cm³/mol. The number of aryl methyl sites for hydroxylation is 1. The molecule has 0 bridgehead atoms. The van der Waals surface area contributed by atoms with E-state index < -0.39 is 0 Å². The van der Waals surface area contributed by atoms with Crippen molar-refractivity contribution in [3.05, 3.63) is 63.8 Å². The van der Waals surface area contributed by atoms with Crippen LogP contribution in [0.15, 0.2) is 42.5 Å². The summed E-state index contributed by atoms with van der Waals surface area (Å²) in [5, 5.41) is 0. The number of hydrogen-bond acceptors (Lipinski definition) is 4. The van der Waals surface area contributed by atoms with Crippen LogP contribution >= 0.6 is 12.2 Å². The number of rotatable bonds is 2. The third-order valence-electron chi connectivity index (χ3n) is 4.19. The van der Waals surface area contributed by atoms with Crippen molar-refractivity contribution in [2.24, 2.45) is 0 Å². The van der Waals surface area contributed by atoms with Crippen LogP contribution in [0.25, 0.3) is 11.4 Å². The summed E-state index contributed by atoms with van der Waals surface area (Å²) >= 11 is 5.51. The lowest BCUT2D eigenvalue weighted by molar-refractivity contribution is 0.415. The number of fused-ring (bicyclic) bond motifs is 2. The van der Waals surface area contributed by atoms with E-state index in [4.69, 9.17) is 21.7 Å². The zero-order valence-corrected chi connectivity index (χ0v) is 14.2. The molecule has 0 unspecified atom stereocenters. The molecule has 120 valence electrons. The van der Waals surface area contributed by atoms with E-state index >= 15 is 0 Å². The number of benzene rings is 2. The minimum Gasteiger partial charge on any atom is -0.497 e. The molecule has 0 aliphatic carbocycles. The Morgan fingerprint density at radius 1 is 1.21 bits per heavy atom. The first kappa shape index (κ1) is 14.9. The van der Waals surface area contributed by atoms with Crippen molar-refractivity contribution in [2.75, 3.05) is 7.11 Å². The lowest BCUT2D eigenvalue weighted by atomic mass is 10.0. The Balaban J connectivity index is 1.83. The Morgan fingerprint density at radius 3 is 2.88 bits per heavy atom. The third kappa shape index (κ3) is 2.47. The maximum Gasteiger partial charge on any atom is 0.205 e. The second kappa shape index (κ2) is 5.76. The third-order valence-corrected chi connectivity index (χ3v) is 4.52. The number of para-hydroxylation sites is 1. The fraction of sp³-hybridized carbons (Fsp3) is 0.158. The molecule has 3 aromatic rings. The number of H-pyrrole nitrogens is 1. The molecule has 1 aliphatic rings. The Morgan fingerprint density at radius 2 is 2.04 bits per heavy atom. The fourth-order valence-electron chi connectivity index (χ4n) is 2.92. The number of hydrogen-bond donors (Lipinski definition) is 1. The Bertz CT molecular complexity index is 995. The average Bonchev–Trinajstić information content (AvgIpc) is 2.61. The van der Waals surface area contributed by atoms with E-state index in [1.54, 1.807) is 7.11 Å². The molecule has 0 amide bonds. The molecule has 5 heteroatoms. The van der Waals surface area contributed by atoms with Gasteiger partial charge in [0.1, 0.15) is 22.0 Å². The molecule has 4 nitrogen and oxygen atoms in total. The number of nitrogens with one attached hydrogen (secondary N) is 1. The summed E-state index contributed by atoms with van der Waals surface area (Å²) in [6.45, 7) is 2.04. The van der Waals surface area contributed by atoms with E-state index in [0.29, 0.717) is 16.3 Å². The Hall–Kier alpha value is -2.66. The van der Waals surface area contributed by atoms with Crippen molar-refractivity contribution in [1.29, 1.82) is 0 Å². The highest BCUT2D eigenvalue weighted by Gasteiger charge is 2.21. The highest BCUT2D eigenvalue weighted by molar-refractivity contribution is 7.71. The SMILES string of the molecule is COc1cccc(-c2nc(=S)c3c([nH]2)Oc2c(C)cccc2C3)c1. The second-order valence-electron chi connectivity index (χ2n) is 5.77. The van der Waals surface area contributed by atoms with Gasteiger partial charge in [0.2, 0.25) is 5.88 Å². The molecular weight excluding hydrogens is 320 g/mol. The van der Waals surface area contributed by atoms with Crippen LogP contribution in [-0.4, -0.2) is 17.1 Å². The van der Waals surface area contributed by atoms with Crippen molar-refractivity contribution in [2.45, 2.75) is 13.3 Å². The summed E-state index contributed by atoms with van der Waals surface area (Å²) in [5.74, 6) is 3.02. The first-order valence-electron chi connectivity index (χ1n) is 7.69. The van der Waals surface area contributed by atoms with Crippen LogP contribution in [0.3, 0.4) is 0 Å². The summed E-state index contributed by atoms with van der Waals surface area (Å²) < 4.78 is 12.0. The smallest absolute Gasteiger partial charge is 0.205 e. The summed E-state index contributed by atoms with van der Waals surface area (Å²) in [6.07, 6.45) is 0.729. The maximum absolute atomic E-state index is 6.11. The summed E-state index contributed by atoms with van der Waals surface area (Å²) in [6, 6.07) is 13.8. The lowest BCUT2D eigenvalue weighted by Crippen LogP contribution is -2.08. The molecule has 2 aromatic carbocycles. The van der Waals surface area contributed by atoms with E-state index in [1.807, 2.05) is 43.3 Å². The fourth-order valence-corrected chi connectivity index (χ4v) is 3.17. The number of ether oxygens (including phenoxy) is 2. The van der Waals surface area contributed by atoms with Crippen LogP contribution in [-0.2, 0) is 6.42 Å². The molecule has 1 N–H and O–H groups in total. The van der Waals surface area contributed by atoms with Gasteiger partial charge in [-0.25, -0.2) is 4.98 Å². The van der Waals surface area contributed by atoms with Gasteiger partial charge in [-0.3, -0.25) is 0 Å². The minimum atomic E-state index is 0.564. The van der Waals surface area contributed by atoms with E-state index in [2.05, 4.69) is 16.0 Å². The maximum atomic E-state index is 6.11. The van der Waals surface area contributed by atoms with Crippen molar-refractivity contribution in [3.8, 4) is 28.8 Å². The van der Waals surface area contributed by atoms with Crippen molar-refractivity contribution >= 4 is 12.2 Å². The molecule has 1 aliphatic heterocycles. The van der Waals surface area contributed by atoms with Gasteiger partial charge in [-0.1, -0.05) is 42.5 Å². The van der Waals surface area contributed by atoms with Gasteiger partial charge in [0, 0.05) is 12.0 Å². The quantitative estimate of drug-likeness (QED) is 0.533. The highest BCUT2D eigenvalue weighted by atomic mass is 32.1. The summed E-state index contributed by atoms with van der Waals surface area (Å²) in [5.41, 5.74) is 4.08. The van der Waals surface area contributed by atoms with Crippen molar-refractivity contribution < 1.29 is 9.47 Å². The van der Waals surface area contributed by atoms with Gasteiger partial charge in [-0.15, -0.1) is 0 Å². The monoisotopic (exact) mass is 336 g/mol. The number of aromatic amines is 1. The Labute approximate surface area is 145 Å². The van der Waals surface area contributed by atoms with E-state index in [0.717, 1.165) is 40.2 Å². The van der Waals surface area contributed by atoms with Crippen LogP contribution in [0.4, 0.5) is 0 Å². The van der Waals surface area contributed by atoms with Gasteiger partial charge in [0.25, 0.3) is 0 Å². The zero-order valence-electron chi connectivity index (χ0n) is 13.4. The van der Waals surface area contributed by atoms with Crippen molar-refractivity contribution in [3.63, 3.8) is 0 Å². The molecule has 0 saturated carbocycles. The molecule has 0 saturated heterocycles. The van der Waals surface area contributed by atoms with Gasteiger partial charge in [-0.05, 0) is 30.2 Å². The molecular formula is C19H16N2O2S. The van der Waals surface area contributed by atoms with Crippen LogP contribution in [0.5, 0.6) is 17.4 Å². The molecule has 0 spiro atoms. The summed E-state index contributed by atoms with van der Waals surface area (Å²) in [4.78, 5) is 7.84. The van der Waals surface area contributed by atoms with E-state index in [-0.39, 0.29) is 0 Å². The first-order valence-corrected chi connectivity index (χ1v) is 8.10. The topological polar surface area (TPSA) is 47.1 Å². The molecule has 0 radical (unpaired) electrons. The Kier molecular flexibility index (Phi) is 3.58. The normalized spacial score (nSPS) is 12.1. The van der Waals surface area contributed by atoms with Gasteiger partial charge < -0.3 is 14.5 Å². The first-order chi connectivity index (χ1) is 11.7. The minimum absolute atomic E-state index is 0.564. The van der Waals surface area contributed by atoms with E-state index in [1.165, 1.54) is 0 Å². The molecule has 2 heterocycles. The predicted octanol–water partition coefficient (Wildman–Crippen LogP) is 4.82. The number of methoxy groups -OCH3 is 1. The molecule has 0 fully saturated rings. The number of aromatic nitrogens is 2. The number of nitrogens with zero attached hydrogens (tertiary/aromatic N) is 1. The summed E-state index contributed by atoms with van der Waals surface area (Å²) in [7, 11) is 1.64. The van der Waals surface area contributed by atoms with Gasteiger partial charge in [0.15, 0.2) is 0 Å². The largest absolute Gasteiger partial charge is 0.497 e. The zero-order chi connectivity index (χ0) is 16.7. The van der Waals surface area contributed by atoms with Crippen LogP contribution in [0, 0.1) is 11.6 Å². The van der Waals surface area contributed by atoms with Crippen LogP contribution in [0.2, 0.25) is 0 Å². The van der Waals surface area contributed by atoms with Gasteiger partial charge in [0.05, 0.1) is 12.7 Å². The standard InChI is InChI=1S/C19H16N2O2S/c1-11-5-3-6-12-10-15-18(23-16(11)12)20-17(21-19(15)24)13-7-4-8-14(9-13)22-2/h3-9H,10H2,1-2H3,(H,20,21,24). The van der Waals surface area contributed by atoms with Gasteiger partial charge >= 0.3 is 0 Å². The van der Waals surface area contributed by atoms with Crippen LogP contribution < -0.4 is 9.47 Å². The second-order valence-corrected chi connectivity index (χ2v) is 6.16. The van der Waals surface area contributed by atoms with E-state index in [9.17, 15) is 0 Å². The molecule has 4 rings (SSSR count). The van der Waals surface area contributed by atoms with Crippen molar-refractivity contribution in [1.82, 2.24) is 9.97 Å². The molecule has 1 aromatic heterocycles. The van der Waals surface area contributed by atoms with Crippen LogP contribution in [0.1, 0.15) is 16.7 Å². The highest BCUT2D eigenvalue weighted by Crippen LogP contribution is 2.38.